The van der Waals surface area contributed by atoms with Gasteiger partial charge in [-0.3, -0.25) is 0 Å². The third-order valence-electron chi connectivity index (χ3n) is 4.82. The summed E-state index contributed by atoms with van der Waals surface area (Å²) < 4.78 is 28.4. The topological polar surface area (TPSA) is 62.0 Å². The van der Waals surface area contributed by atoms with E-state index in [0.29, 0.717) is 17.9 Å². The average Bonchev–Trinajstić information content (AvgIpc) is 2.81. The SMILES string of the molecule is Cc1cc(C)c(S(=O)(=O)NCCc2c(C)[nH]c3ccc(C)cc23)c(C)c1. The van der Waals surface area contributed by atoms with E-state index in [1.807, 2.05) is 39.8 Å². The van der Waals surface area contributed by atoms with Crippen molar-refractivity contribution in [3.8, 4) is 0 Å². The van der Waals surface area contributed by atoms with Crippen LogP contribution in [0.15, 0.2) is 35.2 Å². The second-order valence-corrected chi connectivity index (χ2v) is 8.86. The molecule has 0 spiro atoms. The summed E-state index contributed by atoms with van der Waals surface area (Å²) in [5, 5.41) is 1.17. The van der Waals surface area contributed by atoms with Crippen molar-refractivity contribution >= 4 is 20.9 Å². The lowest BCUT2D eigenvalue weighted by Crippen LogP contribution is -2.27. The molecular weight excluding hydrogens is 344 g/mol. The lowest BCUT2D eigenvalue weighted by molar-refractivity contribution is 0.580. The highest BCUT2D eigenvalue weighted by molar-refractivity contribution is 7.89. The number of hydrogen-bond donors (Lipinski definition) is 2. The smallest absolute Gasteiger partial charge is 0.241 e. The van der Waals surface area contributed by atoms with Gasteiger partial charge in [0.15, 0.2) is 0 Å². The van der Waals surface area contributed by atoms with Gasteiger partial charge in [0.1, 0.15) is 0 Å². The molecule has 138 valence electrons. The Hall–Kier alpha value is -2.11. The van der Waals surface area contributed by atoms with Crippen LogP contribution in [-0.4, -0.2) is 19.9 Å². The Morgan fingerprint density at radius 2 is 1.58 bits per heavy atom. The van der Waals surface area contributed by atoms with Crippen LogP contribution in [0, 0.1) is 34.6 Å². The summed E-state index contributed by atoms with van der Waals surface area (Å²) in [7, 11) is -3.53. The number of sulfonamides is 1. The minimum atomic E-state index is -3.53. The molecule has 0 bridgehead atoms. The highest BCUT2D eigenvalue weighted by Gasteiger charge is 2.20. The van der Waals surface area contributed by atoms with Gasteiger partial charge in [-0.15, -0.1) is 0 Å². The molecule has 0 unspecified atom stereocenters. The second kappa shape index (κ2) is 6.89. The van der Waals surface area contributed by atoms with Crippen molar-refractivity contribution in [1.82, 2.24) is 9.71 Å². The molecular formula is C21H26N2O2S. The first kappa shape index (κ1) is 18.7. The van der Waals surface area contributed by atoms with Gasteiger partial charge in [-0.1, -0.05) is 29.3 Å². The van der Waals surface area contributed by atoms with Gasteiger partial charge in [-0.05, 0) is 69.9 Å². The van der Waals surface area contributed by atoms with Gasteiger partial charge in [0, 0.05) is 23.1 Å². The van der Waals surface area contributed by atoms with Gasteiger partial charge in [0.2, 0.25) is 10.0 Å². The molecule has 2 N–H and O–H groups in total. The maximum Gasteiger partial charge on any atom is 0.241 e. The van der Waals surface area contributed by atoms with Gasteiger partial charge in [-0.2, -0.15) is 0 Å². The van der Waals surface area contributed by atoms with Crippen molar-refractivity contribution in [2.45, 2.75) is 45.9 Å². The summed E-state index contributed by atoms with van der Waals surface area (Å²) in [4.78, 5) is 3.78. The van der Waals surface area contributed by atoms with E-state index < -0.39 is 10.0 Å². The van der Waals surface area contributed by atoms with Gasteiger partial charge in [-0.25, -0.2) is 13.1 Å². The van der Waals surface area contributed by atoms with Crippen LogP contribution in [0.4, 0.5) is 0 Å². The number of aryl methyl sites for hydroxylation is 5. The minimum absolute atomic E-state index is 0.372. The van der Waals surface area contributed by atoms with Crippen LogP contribution >= 0.6 is 0 Å². The third-order valence-corrected chi connectivity index (χ3v) is 6.58. The van der Waals surface area contributed by atoms with Crippen LogP contribution in [0.25, 0.3) is 10.9 Å². The summed E-state index contributed by atoms with van der Waals surface area (Å²) in [5.74, 6) is 0. The fraction of sp³-hybridized carbons (Fsp3) is 0.333. The molecule has 0 atom stereocenters. The summed E-state index contributed by atoms with van der Waals surface area (Å²) in [6.07, 6.45) is 0.651. The van der Waals surface area contributed by atoms with E-state index in [1.54, 1.807) is 0 Å². The van der Waals surface area contributed by atoms with Crippen LogP contribution in [0.5, 0.6) is 0 Å². The van der Waals surface area contributed by atoms with E-state index in [1.165, 1.54) is 16.5 Å². The van der Waals surface area contributed by atoms with Crippen LogP contribution in [0.1, 0.15) is 33.5 Å². The summed E-state index contributed by atoms with van der Waals surface area (Å²) in [5.41, 5.74) is 7.20. The summed E-state index contributed by atoms with van der Waals surface area (Å²) in [6, 6.07) is 10.1. The Bertz CT molecular complexity index is 1060. The van der Waals surface area contributed by atoms with Crippen LogP contribution in [-0.2, 0) is 16.4 Å². The standard InChI is InChI=1S/C21H26N2O2S/c1-13-6-7-20-19(12-13)18(17(5)23-20)8-9-22-26(24,25)21-15(3)10-14(2)11-16(21)4/h6-7,10-12,22-23H,8-9H2,1-5H3. The molecule has 3 rings (SSSR count). The maximum absolute atomic E-state index is 12.8. The molecule has 0 amide bonds. The average molecular weight is 371 g/mol. The normalized spacial score (nSPS) is 12.0. The molecule has 3 aromatic rings. The highest BCUT2D eigenvalue weighted by atomic mass is 32.2. The molecule has 1 aromatic heterocycles. The molecule has 1 heterocycles. The molecule has 0 aliphatic carbocycles. The Balaban J connectivity index is 1.82. The van der Waals surface area contributed by atoms with Gasteiger partial charge in [0.05, 0.1) is 4.90 Å². The molecule has 0 saturated heterocycles. The van der Waals surface area contributed by atoms with Crippen molar-refractivity contribution in [1.29, 1.82) is 0 Å². The van der Waals surface area contributed by atoms with Gasteiger partial charge < -0.3 is 4.98 Å². The molecule has 4 nitrogen and oxygen atoms in total. The van der Waals surface area contributed by atoms with Gasteiger partial charge in [0.25, 0.3) is 0 Å². The number of hydrogen-bond acceptors (Lipinski definition) is 2. The zero-order valence-electron chi connectivity index (χ0n) is 16.0. The molecule has 0 fully saturated rings. The Labute approximate surface area is 155 Å². The predicted octanol–water partition coefficient (Wildman–Crippen LogP) is 4.23. The molecule has 0 saturated carbocycles. The lowest BCUT2D eigenvalue weighted by atomic mass is 10.1. The van der Waals surface area contributed by atoms with Crippen molar-refractivity contribution in [3.63, 3.8) is 0 Å². The van der Waals surface area contributed by atoms with E-state index >= 15 is 0 Å². The van der Waals surface area contributed by atoms with E-state index in [9.17, 15) is 8.42 Å². The van der Waals surface area contributed by atoms with E-state index in [4.69, 9.17) is 0 Å². The van der Waals surface area contributed by atoms with Crippen molar-refractivity contribution < 1.29 is 8.42 Å². The van der Waals surface area contributed by atoms with E-state index in [0.717, 1.165) is 27.9 Å². The minimum Gasteiger partial charge on any atom is -0.358 e. The number of H-pyrrole nitrogens is 1. The number of benzene rings is 2. The second-order valence-electron chi connectivity index (χ2n) is 7.15. The van der Waals surface area contributed by atoms with Crippen LogP contribution in [0.3, 0.4) is 0 Å². The third kappa shape index (κ3) is 3.55. The first-order chi connectivity index (χ1) is 12.2. The predicted molar refractivity (Wildman–Crippen MR) is 107 cm³/mol. The monoisotopic (exact) mass is 370 g/mol. The summed E-state index contributed by atoms with van der Waals surface area (Å²) in [6.45, 7) is 10.1. The van der Waals surface area contributed by atoms with Crippen molar-refractivity contribution in [2.24, 2.45) is 0 Å². The molecule has 26 heavy (non-hydrogen) atoms. The first-order valence-electron chi connectivity index (χ1n) is 8.84. The molecule has 0 radical (unpaired) electrons. The van der Waals surface area contributed by atoms with E-state index in [2.05, 4.69) is 34.8 Å². The van der Waals surface area contributed by atoms with Crippen LogP contribution < -0.4 is 4.72 Å². The quantitative estimate of drug-likeness (QED) is 0.706. The van der Waals surface area contributed by atoms with Crippen molar-refractivity contribution in [3.05, 3.63) is 63.8 Å². The molecule has 0 aliphatic rings. The number of aromatic amines is 1. The highest BCUT2D eigenvalue weighted by Crippen LogP contribution is 2.24. The Morgan fingerprint density at radius 1 is 0.923 bits per heavy atom. The largest absolute Gasteiger partial charge is 0.358 e. The fourth-order valence-electron chi connectivity index (χ4n) is 3.79. The van der Waals surface area contributed by atoms with Gasteiger partial charge >= 0.3 is 0 Å². The zero-order valence-corrected chi connectivity index (χ0v) is 16.8. The zero-order chi connectivity index (χ0) is 19.1. The molecule has 0 aliphatic heterocycles. The number of rotatable bonds is 5. The van der Waals surface area contributed by atoms with E-state index in [-0.39, 0.29) is 0 Å². The summed E-state index contributed by atoms with van der Waals surface area (Å²) >= 11 is 0. The van der Waals surface area contributed by atoms with Crippen molar-refractivity contribution in [2.75, 3.05) is 6.54 Å². The number of aromatic nitrogens is 1. The number of nitrogens with one attached hydrogen (secondary N) is 2. The van der Waals surface area contributed by atoms with Crippen LogP contribution in [0.2, 0.25) is 0 Å². The fourth-order valence-corrected chi connectivity index (χ4v) is 5.27. The Morgan fingerprint density at radius 3 is 2.23 bits per heavy atom. The number of fused-ring (bicyclic) bond motifs is 1. The molecule has 2 aromatic carbocycles. The Kier molecular flexibility index (Phi) is 4.95. The maximum atomic E-state index is 12.8. The first-order valence-corrected chi connectivity index (χ1v) is 10.3. The lowest BCUT2D eigenvalue weighted by Gasteiger charge is -2.13. The molecule has 5 heteroatoms.